The Hall–Kier alpha value is -2.90. The van der Waals surface area contributed by atoms with Gasteiger partial charge in [-0.25, -0.2) is 0 Å². The van der Waals surface area contributed by atoms with Gasteiger partial charge in [0.1, 0.15) is 0 Å². The van der Waals surface area contributed by atoms with Crippen molar-refractivity contribution in [2.24, 2.45) is 0 Å². The topological polar surface area (TPSA) is 0 Å². The van der Waals surface area contributed by atoms with E-state index in [1.165, 1.54) is 53.6 Å². The summed E-state index contributed by atoms with van der Waals surface area (Å²) in [6.07, 6.45) is 0. The lowest BCUT2D eigenvalue weighted by Gasteiger charge is -2.25. The standard InChI is InChI=1S/C29H26S/c1-19-10-8-13-21(18-19)23-16-17-25-27(28(23)29(2,3)4)26-22(14-9-15-24(26)30-25)20-11-6-5-7-12-20/h5-18H,1-4H3. The van der Waals surface area contributed by atoms with E-state index in [9.17, 15) is 0 Å². The molecule has 0 spiro atoms. The Morgan fingerprint density at radius 1 is 0.600 bits per heavy atom. The molecule has 1 aromatic heterocycles. The highest BCUT2D eigenvalue weighted by molar-refractivity contribution is 7.26. The maximum atomic E-state index is 2.34. The predicted octanol–water partition coefficient (Wildman–Crippen LogP) is 8.99. The van der Waals surface area contributed by atoms with Crippen LogP contribution in [-0.2, 0) is 5.41 Å². The number of hydrogen-bond donors (Lipinski definition) is 0. The predicted molar refractivity (Wildman–Crippen MR) is 134 cm³/mol. The van der Waals surface area contributed by atoms with Gasteiger partial charge in [-0.3, -0.25) is 0 Å². The zero-order valence-corrected chi connectivity index (χ0v) is 18.8. The molecule has 0 radical (unpaired) electrons. The Balaban J connectivity index is 1.95. The van der Waals surface area contributed by atoms with E-state index in [0.717, 1.165) is 0 Å². The molecule has 0 aliphatic carbocycles. The summed E-state index contributed by atoms with van der Waals surface area (Å²) >= 11 is 1.91. The number of rotatable bonds is 2. The van der Waals surface area contributed by atoms with Gasteiger partial charge in [0, 0.05) is 20.2 Å². The summed E-state index contributed by atoms with van der Waals surface area (Å²) in [6.45, 7) is 9.20. The minimum absolute atomic E-state index is 0.0242. The van der Waals surface area contributed by atoms with E-state index < -0.39 is 0 Å². The quantitative estimate of drug-likeness (QED) is 0.274. The first kappa shape index (κ1) is 19.1. The van der Waals surface area contributed by atoms with Crippen molar-refractivity contribution >= 4 is 31.5 Å². The normalized spacial score (nSPS) is 12.0. The van der Waals surface area contributed by atoms with E-state index in [1.807, 2.05) is 11.3 Å². The minimum Gasteiger partial charge on any atom is -0.135 e. The first-order valence-electron chi connectivity index (χ1n) is 10.5. The van der Waals surface area contributed by atoms with Crippen LogP contribution in [0.1, 0.15) is 31.9 Å². The summed E-state index contributed by atoms with van der Waals surface area (Å²) in [5.74, 6) is 0. The fourth-order valence-electron chi connectivity index (χ4n) is 4.60. The summed E-state index contributed by atoms with van der Waals surface area (Å²) in [6, 6.07) is 31.1. The summed E-state index contributed by atoms with van der Waals surface area (Å²) in [7, 11) is 0. The highest BCUT2D eigenvalue weighted by atomic mass is 32.1. The Kier molecular flexibility index (Phi) is 4.52. The molecule has 1 heteroatoms. The molecular formula is C29H26S. The number of hydrogen-bond acceptors (Lipinski definition) is 1. The average molecular weight is 407 g/mol. The smallest absolute Gasteiger partial charge is 0.0361 e. The third-order valence-electron chi connectivity index (χ3n) is 5.83. The molecule has 5 aromatic rings. The van der Waals surface area contributed by atoms with Gasteiger partial charge in [-0.05, 0) is 52.3 Å². The van der Waals surface area contributed by atoms with Crippen LogP contribution < -0.4 is 0 Å². The monoisotopic (exact) mass is 406 g/mol. The second-order valence-electron chi connectivity index (χ2n) is 9.13. The largest absolute Gasteiger partial charge is 0.135 e. The van der Waals surface area contributed by atoms with Gasteiger partial charge in [-0.1, -0.05) is 99.1 Å². The van der Waals surface area contributed by atoms with E-state index in [2.05, 4.69) is 113 Å². The van der Waals surface area contributed by atoms with E-state index in [4.69, 9.17) is 0 Å². The van der Waals surface area contributed by atoms with Gasteiger partial charge in [-0.2, -0.15) is 0 Å². The van der Waals surface area contributed by atoms with Crippen molar-refractivity contribution in [1.29, 1.82) is 0 Å². The molecule has 0 aliphatic heterocycles. The molecule has 1 heterocycles. The van der Waals surface area contributed by atoms with Gasteiger partial charge in [0.2, 0.25) is 0 Å². The first-order valence-corrected chi connectivity index (χ1v) is 11.4. The molecule has 0 unspecified atom stereocenters. The van der Waals surface area contributed by atoms with Crippen molar-refractivity contribution < 1.29 is 0 Å². The van der Waals surface area contributed by atoms with Crippen LogP contribution in [0.4, 0.5) is 0 Å². The second-order valence-corrected chi connectivity index (χ2v) is 10.2. The van der Waals surface area contributed by atoms with Crippen LogP contribution in [0.25, 0.3) is 42.4 Å². The molecule has 0 aliphatic rings. The molecule has 30 heavy (non-hydrogen) atoms. The Labute approximate surface area is 182 Å². The molecular weight excluding hydrogens is 380 g/mol. The van der Waals surface area contributed by atoms with E-state index in [-0.39, 0.29) is 5.41 Å². The SMILES string of the molecule is Cc1cccc(-c2ccc3sc4cccc(-c5ccccc5)c4c3c2C(C)(C)C)c1. The van der Waals surface area contributed by atoms with Crippen molar-refractivity contribution in [1.82, 2.24) is 0 Å². The van der Waals surface area contributed by atoms with E-state index in [0.29, 0.717) is 0 Å². The summed E-state index contributed by atoms with van der Waals surface area (Å²) in [5.41, 5.74) is 8.03. The summed E-state index contributed by atoms with van der Waals surface area (Å²) in [5, 5.41) is 2.81. The van der Waals surface area contributed by atoms with E-state index >= 15 is 0 Å². The first-order chi connectivity index (χ1) is 14.4. The van der Waals surface area contributed by atoms with Crippen molar-refractivity contribution in [2.75, 3.05) is 0 Å². The van der Waals surface area contributed by atoms with Gasteiger partial charge < -0.3 is 0 Å². The van der Waals surface area contributed by atoms with Crippen molar-refractivity contribution in [3.05, 3.63) is 96.1 Å². The Bertz CT molecular complexity index is 1360. The molecule has 4 aromatic carbocycles. The Morgan fingerprint density at radius 3 is 2.03 bits per heavy atom. The highest BCUT2D eigenvalue weighted by Crippen LogP contribution is 2.47. The fourth-order valence-corrected chi connectivity index (χ4v) is 5.74. The fraction of sp³-hybridized carbons (Fsp3) is 0.172. The van der Waals surface area contributed by atoms with Crippen molar-refractivity contribution in [3.63, 3.8) is 0 Å². The molecule has 5 rings (SSSR count). The molecule has 0 atom stereocenters. The molecule has 0 bridgehead atoms. The molecule has 148 valence electrons. The summed E-state index contributed by atoms with van der Waals surface area (Å²) < 4.78 is 2.73. The van der Waals surface area contributed by atoms with Gasteiger partial charge in [0.05, 0.1) is 0 Å². The number of fused-ring (bicyclic) bond motifs is 3. The average Bonchev–Trinajstić information content (AvgIpc) is 3.11. The van der Waals surface area contributed by atoms with Crippen LogP contribution in [0.5, 0.6) is 0 Å². The summed E-state index contributed by atoms with van der Waals surface area (Å²) in [4.78, 5) is 0. The van der Waals surface area contributed by atoms with Crippen LogP contribution in [-0.4, -0.2) is 0 Å². The van der Waals surface area contributed by atoms with Gasteiger partial charge >= 0.3 is 0 Å². The minimum atomic E-state index is 0.0242. The zero-order valence-electron chi connectivity index (χ0n) is 18.0. The zero-order chi connectivity index (χ0) is 20.9. The molecule has 0 N–H and O–H groups in total. The van der Waals surface area contributed by atoms with Crippen LogP contribution in [0, 0.1) is 6.92 Å². The van der Waals surface area contributed by atoms with Crippen molar-refractivity contribution in [3.8, 4) is 22.3 Å². The molecule has 0 nitrogen and oxygen atoms in total. The maximum absolute atomic E-state index is 2.34. The molecule has 0 fully saturated rings. The van der Waals surface area contributed by atoms with Crippen LogP contribution in [0.15, 0.2) is 84.9 Å². The second kappa shape index (κ2) is 7.11. The molecule has 0 saturated carbocycles. The maximum Gasteiger partial charge on any atom is 0.0361 e. The number of benzene rings is 4. The lowest BCUT2D eigenvalue weighted by atomic mass is 9.78. The van der Waals surface area contributed by atoms with Gasteiger partial charge in [-0.15, -0.1) is 11.3 Å². The van der Waals surface area contributed by atoms with Gasteiger partial charge in [0.15, 0.2) is 0 Å². The Morgan fingerprint density at radius 2 is 1.30 bits per heavy atom. The third-order valence-corrected chi connectivity index (χ3v) is 6.95. The molecule has 0 saturated heterocycles. The third kappa shape index (κ3) is 3.14. The molecule has 0 amide bonds. The highest BCUT2D eigenvalue weighted by Gasteiger charge is 2.25. The van der Waals surface area contributed by atoms with Crippen LogP contribution >= 0.6 is 11.3 Å². The number of thiophene rings is 1. The van der Waals surface area contributed by atoms with Gasteiger partial charge in [0.25, 0.3) is 0 Å². The lowest BCUT2D eigenvalue weighted by molar-refractivity contribution is 0.598. The van der Waals surface area contributed by atoms with E-state index in [1.54, 1.807) is 0 Å². The van der Waals surface area contributed by atoms with Crippen LogP contribution in [0.3, 0.4) is 0 Å². The van der Waals surface area contributed by atoms with Crippen LogP contribution in [0.2, 0.25) is 0 Å². The van der Waals surface area contributed by atoms with Crippen molar-refractivity contribution in [2.45, 2.75) is 33.1 Å². The lowest BCUT2D eigenvalue weighted by Crippen LogP contribution is -2.13. The number of aryl methyl sites for hydroxylation is 1.